The Bertz CT molecular complexity index is 444. The van der Waals surface area contributed by atoms with Crippen molar-refractivity contribution in [1.82, 2.24) is 5.32 Å². The number of hydrogen-bond donors (Lipinski definition) is 2. The quantitative estimate of drug-likeness (QED) is 0.805. The van der Waals surface area contributed by atoms with Gasteiger partial charge in [-0.1, -0.05) is 17.7 Å². The van der Waals surface area contributed by atoms with Crippen molar-refractivity contribution in [3.05, 3.63) is 29.8 Å². The molecule has 1 saturated carbocycles. The third kappa shape index (κ3) is 4.19. The highest BCUT2D eigenvalue weighted by Crippen LogP contribution is 2.38. The fourth-order valence-corrected chi connectivity index (χ4v) is 2.89. The molecule has 2 aliphatic rings. The lowest BCUT2D eigenvalue weighted by Crippen LogP contribution is -2.42. The summed E-state index contributed by atoms with van der Waals surface area (Å²) in [7, 11) is 0. The van der Waals surface area contributed by atoms with Crippen LogP contribution in [0.5, 0.6) is 5.75 Å². The molecule has 4 heteroatoms. The van der Waals surface area contributed by atoms with Crippen LogP contribution >= 0.6 is 0 Å². The van der Waals surface area contributed by atoms with E-state index in [9.17, 15) is 5.11 Å². The van der Waals surface area contributed by atoms with Gasteiger partial charge in [0.2, 0.25) is 0 Å². The van der Waals surface area contributed by atoms with Crippen molar-refractivity contribution in [2.24, 2.45) is 5.92 Å². The topological polar surface area (TPSA) is 50.7 Å². The number of benzene rings is 1. The summed E-state index contributed by atoms with van der Waals surface area (Å²) in [5.41, 5.74) is 1.21. The van der Waals surface area contributed by atoms with Gasteiger partial charge < -0.3 is 19.9 Å². The number of nitrogens with one attached hydrogen (secondary N) is 1. The Morgan fingerprint density at radius 1 is 1.29 bits per heavy atom. The number of aliphatic hydroxyl groups is 1. The van der Waals surface area contributed by atoms with E-state index in [1.165, 1.54) is 18.4 Å². The first kappa shape index (κ1) is 14.8. The van der Waals surface area contributed by atoms with Crippen LogP contribution in [-0.2, 0) is 4.74 Å². The van der Waals surface area contributed by atoms with Gasteiger partial charge in [-0.15, -0.1) is 0 Å². The summed E-state index contributed by atoms with van der Waals surface area (Å²) in [4.78, 5) is 0. The Balaban J connectivity index is 1.37. The predicted octanol–water partition coefficient (Wildman–Crippen LogP) is 1.89. The van der Waals surface area contributed by atoms with Crippen molar-refractivity contribution < 1.29 is 14.6 Å². The van der Waals surface area contributed by atoms with Crippen molar-refractivity contribution in [3.63, 3.8) is 0 Å². The molecule has 0 amide bonds. The van der Waals surface area contributed by atoms with Crippen LogP contribution in [0.3, 0.4) is 0 Å². The summed E-state index contributed by atoms with van der Waals surface area (Å²) in [5, 5.41) is 13.5. The SMILES string of the molecule is Cc1ccc(OCC(O)CNC2CCOC2C2CC2)cc1. The zero-order valence-corrected chi connectivity index (χ0v) is 12.6. The van der Waals surface area contributed by atoms with Crippen molar-refractivity contribution in [3.8, 4) is 5.75 Å². The second-order valence-electron chi connectivity index (χ2n) is 6.25. The van der Waals surface area contributed by atoms with E-state index in [1.807, 2.05) is 31.2 Å². The van der Waals surface area contributed by atoms with Crippen molar-refractivity contribution in [1.29, 1.82) is 0 Å². The van der Waals surface area contributed by atoms with Gasteiger partial charge in [-0.3, -0.25) is 0 Å². The lowest BCUT2D eigenvalue weighted by molar-refractivity contribution is 0.0706. The monoisotopic (exact) mass is 291 g/mol. The van der Waals surface area contributed by atoms with Crippen LogP contribution in [0.15, 0.2) is 24.3 Å². The molecule has 3 atom stereocenters. The molecule has 0 bridgehead atoms. The Morgan fingerprint density at radius 3 is 2.76 bits per heavy atom. The van der Waals surface area contributed by atoms with E-state index < -0.39 is 6.10 Å². The van der Waals surface area contributed by atoms with Crippen LogP contribution in [-0.4, -0.2) is 43.1 Å². The van der Waals surface area contributed by atoms with E-state index in [0.717, 1.165) is 24.7 Å². The van der Waals surface area contributed by atoms with Crippen LogP contribution in [0.2, 0.25) is 0 Å². The summed E-state index contributed by atoms with van der Waals surface area (Å²) >= 11 is 0. The maximum atomic E-state index is 10.0. The Labute approximate surface area is 126 Å². The Morgan fingerprint density at radius 2 is 2.05 bits per heavy atom. The molecule has 1 saturated heterocycles. The average Bonchev–Trinajstić information content (AvgIpc) is 3.23. The fraction of sp³-hybridized carbons (Fsp3) is 0.647. The van der Waals surface area contributed by atoms with Crippen LogP contribution in [0.25, 0.3) is 0 Å². The number of aliphatic hydroxyl groups excluding tert-OH is 1. The number of hydrogen-bond acceptors (Lipinski definition) is 4. The second kappa shape index (κ2) is 6.77. The first-order valence-corrected chi connectivity index (χ1v) is 7.95. The van der Waals surface area contributed by atoms with Gasteiger partial charge in [-0.05, 0) is 44.2 Å². The maximum Gasteiger partial charge on any atom is 0.119 e. The van der Waals surface area contributed by atoms with Gasteiger partial charge in [0, 0.05) is 19.2 Å². The van der Waals surface area contributed by atoms with Crippen LogP contribution in [0.4, 0.5) is 0 Å². The normalized spacial score (nSPS) is 26.8. The fourth-order valence-electron chi connectivity index (χ4n) is 2.89. The zero-order valence-electron chi connectivity index (χ0n) is 12.6. The Kier molecular flexibility index (Phi) is 4.78. The number of rotatable bonds is 7. The van der Waals surface area contributed by atoms with Crippen molar-refractivity contribution in [2.45, 2.75) is 44.4 Å². The van der Waals surface area contributed by atoms with Gasteiger partial charge in [0.1, 0.15) is 18.5 Å². The minimum absolute atomic E-state index is 0.317. The molecule has 3 rings (SSSR count). The van der Waals surface area contributed by atoms with Gasteiger partial charge >= 0.3 is 0 Å². The van der Waals surface area contributed by atoms with Gasteiger partial charge in [0.15, 0.2) is 0 Å². The third-order valence-corrected chi connectivity index (χ3v) is 4.30. The highest BCUT2D eigenvalue weighted by atomic mass is 16.5. The molecular formula is C17H25NO3. The minimum atomic E-state index is -0.494. The van der Waals surface area contributed by atoms with E-state index >= 15 is 0 Å². The standard InChI is InChI=1S/C17H25NO3/c1-12-2-6-15(7-3-12)21-11-14(19)10-18-16-8-9-20-17(16)13-4-5-13/h2-3,6-7,13-14,16-19H,4-5,8-11H2,1H3. The molecule has 1 heterocycles. The highest BCUT2D eigenvalue weighted by molar-refractivity contribution is 5.26. The maximum absolute atomic E-state index is 10.0. The molecule has 2 fully saturated rings. The van der Waals surface area contributed by atoms with Gasteiger partial charge in [0.25, 0.3) is 0 Å². The second-order valence-corrected chi connectivity index (χ2v) is 6.25. The Hall–Kier alpha value is -1.10. The lowest BCUT2D eigenvalue weighted by atomic mass is 10.1. The van der Waals surface area contributed by atoms with E-state index in [4.69, 9.17) is 9.47 Å². The zero-order chi connectivity index (χ0) is 14.7. The molecule has 2 N–H and O–H groups in total. The summed E-state index contributed by atoms with van der Waals surface area (Å²) in [6, 6.07) is 8.28. The van der Waals surface area contributed by atoms with Crippen molar-refractivity contribution >= 4 is 0 Å². The van der Waals surface area contributed by atoms with E-state index in [0.29, 0.717) is 25.3 Å². The van der Waals surface area contributed by atoms with Crippen LogP contribution < -0.4 is 10.1 Å². The number of aryl methyl sites for hydroxylation is 1. The molecule has 1 aliphatic heterocycles. The summed E-state index contributed by atoms with van der Waals surface area (Å²) < 4.78 is 11.4. The molecule has 0 radical (unpaired) electrons. The van der Waals surface area contributed by atoms with Crippen molar-refractivity contribution in [2.75, 3.05) is 19.8 Å². The summed E-state index contributed by atoms with van der Waals surface area (Å²) in [5.74, 6) is 1.55. The van der Waals surface area contributed by atoms with E-state index in [-0.39, 0.29) is 0 Å². The van der Waals surface area contributed by atoms with E-state index in [1.54, 1.807) is 0 Å². The molecule has 0 aromatic heterocycles. The highest BCUT2D eigenvalue weighted by Gasteiger charge is 2.40. The molecule has 1 aromatic carbocycles. The summed E-state index contributed by atoms with van der Waals surface area (Å²) in [6.07, 6.45) is 3.50. The largest absolute Gasteiger partial charge is 0.491 e. The molecular weight excluding hydrogens is 266 g/mol. The molecule has 1 aromatic rings. The minimum Gasteiger partial charge on any atom is -0.491 e. The van der Waals surface area contributed by atoms with Gasteiger partial charge in [-0.2, -0.15) is 0 Å². The molecule has 1 aliphatic carbocycles. The molecule has 0 spiro atoms. The molecule has 116 valence electrons. The van der Waals surface area contributed by atoms with Gasteiger partial charge in [-0.25, -0.2) is 0 Å². The summed E-state index contributed by atoms with van der Waals surface area (Å²) in [6.45, 7) is 3.76. The number of ether oxygens (including phenoxy) is 2. The first-order valence-electron chi connectivity index (χ1n) is 7.95. The average molecular weight is 291 g/mol. The van der Waals surface area contributed by atoms with E-state index in [2.05, 4.69) is 5.32 Å². The molecule has 3 unspecified atom stereocenters. The predicted molar refractivity (Wildman–Crippen MR) is 81.6 cm³/mol. The van der Waals surface area contributed by atoms with Crippen LogP contribution in [0.1, 0.15) is 24.8 Å². The van der Waals surface area contributed by atoms with Crippen LogP contribution in [0, 0.1) is 12.8 Å². The lowest BCUT2D eigenvalue weighted by Gasteiger charge is -2.21. The first-order chi connectivity index (χ1) is 10.2. The molecule has 4 nitrogen and oxygen atoms in total. The third-order valence-electron chi connectivity index (χ3n) is 4.30. The smallest absolute Gasteiger partial charge is 0.119 e. The molecule has 21 heavy (non-hydrogen) atoms. The van der Waals surface area contributed by atoms with Gasteiger partial charge in [0.05, 0.1) is 6.10 Å².